The minimum Gasteiger partial charge on any atom is -0.401 e. The first-order chi connectivity index (χ1) is 18.5. The largest absolute Gasteiger partial charge is 0.401 e. The van der Waals surface area contributed by atoms with Crippen LogP contribution in [0.3, 0.4) is 0 Å². The summed E-state index contributed by atoms with van der Waals surface area (Å²) in [7, 11) is -2.69. The quantitative estimate of drug-likeness (QED) is 0.334. The van der Waals surface area contributed by atoms with Gasteiger partial charge in [0.2, 0.25) is 0 Å². The van der Waals surface area contributed by atoms with Gasteiger partial charge in [-0.3, -0.25) is 0 Å². The summed E-state index contributed by atoms with van der Waals surface area (Å²) in [6.07, 6.45) is 4.10. The standard InChI is InChI=1S/C33H46N2O3Si/c1-22(2)31-24(4)29(34-36-31)21-20-23(3)30-25(5)32(37-35-30)26(6)38-39(33(7,8)9,27-16-12-10-13-17-27)28-18-14-11-15-19-28/h10-26,31-32H,1-9H3/b21-20+/t23-,24-,25-,26+,31+,32+/m0/s1. The van der Waals surface area contributed by atoms with E-state index in [1.165, 1.54) is 10.4 Å². The molecule has 2 heterocycles. The number of nitrogens with zero attached hydrogens (tertiary/aromatic N) is 2. The first-order valence-electron chi connectivity index (χ1n) is 14.4. The van der Waals surface area contributed by atoms with Crippen LogP contribution >= 0.6 is 0 Å². The molecule has 0 aromatic heterocycles. The van der Waals surface area contributed by atoms with Gasteiger partial charge in [-0.15, -0.1) is 0 Å². The van der Waals surface area contributed by atoms with Gasteiger partial charge in [0.1, 0.15) is 6.10 Å². The van der Waals surface area contributed by atoms with E-state index < -0.39 is 8.32 Å². The highest BCUT2D eigenvalue weighted by atomic mass is 28.4. The highest BCUT2D eigenvalue weighted by molar-refractivity contribution is 6.99. The fraction of sp³-hybridized carbons (Fsp3) is 0.515. The Bertz CT molecular complexity index is 1150. The Kier molecular flexibility index (Phi) is 8.87. The van der Waals surface area contributed by atoms with Crippen molar-refractivity contribution in [3.05, 3.63) is 72.8 Å². The van der Waals surface area contributed by atoms with Crippen LogP contribution < -0.4 is 10.4 Å². The molecule has 6 atom stereocenters. The normalized spacial score (nSPS) is 25.3. The molecular weight excluding hydrogens is 500 g/mol. The number of allylic oxidation sites excluding steroid dienone is 2. The SMILES string of the molecule is CC(C)[C@H]1ON=C(/C=C/[C@H](C)C2=NO[C@@H]([C@@H](C)O[Si](c3ccccc3)(c3ccccc3)C(C)(C)C)[C@H]2C)[C@@H]1C. The molecular formula is C33H46N2O3Si. The molecule has 0 saturated carbocycles. The van der Waals surface area contributed by atoms with Crippen molar-refractivity contribution in [1.29, 1.82) is 0 Å². The molecule has 6 heteroatoms. The third-order valence-corrected chi connectivity index (χ3v) is 13.5. The minimum absolute atomic E-state index is 0.0971. The van der Waals surface area contributed by atoms with Gasteiger partial charge in [0.25, 0.3) is 8.32 Å². The van der Waals surface area contributed by atoms with E-state index in [-0.39, 0.29) is 41.1 Å². The predicted molar refractivity (Wildman–Crippen MR) is 164 cm³/mol. The lowest BCUT2D eigenvalue weighted by Crippen LogP contribution is -2.68. The second-order valence-electron chi connectivity index (χ2n) is 12.6. The van der Waals surface area contributed by atoms with Crippen molar-refractivity contribution in [2.45, 2.75) is 85.7 Å². The van der Waals surface area contributed by atoms with Gasteiger partial charge in [-0.1, -0.05) is 132 Å². The van der Waals surface area contributed by atoms with Gasteiger partial charge in [0.05, 0.1) is 17.5 Å². The fourth-order valence-corrected chi connectivity index (χ4v) is 10.9. The van der Waals surface area contributed by atoms with Crippen molar-refractivity contribution in [2.75, 3.05) is 0 Å². The van der Waals surface area contributed by atoms with Gasteiger partial charge < -0.3 is 14.1 Å². The molecule has 2 aromatic carbocycles. The molecule has 0 N–H and O–H groups in total. The number of benzene rings is 2. The first kappa shape index (κ1) is 29.3. The Morgan fingerprint density at radius 2 is 1.33 bits per heavy atom. The van der Waals surface area contributed by atoms with Crippen LogP contribution in [-0.2, 0) is 14.1 Å². The van der Waals surface area contributed by atoms with Gasteiger partial charge >= 0.3 is 0 Å². The van der Waals surface area contributed by atoms with Gasteiger partial charge in [0.15, 0.2) is 6.10 Å². The zero-order chi connectivity index (χ0) is 28.4. The van der Waals surface area contributed by atoms with E-state index in [1.54, 1.807) is 0 Å². The predicted octanol–water partition coefficient (Wildman–Crippen LogP) is 6.58. The van der Waals surface area contributed by atoms with Crippen molar-refractivity contribution in [2.24, 2.45) is 34.0 Å². The van der Waals surface area contributed by atoms with Crippen LogP contribution in [0.15, 0.2) is 83.1 Å². The molecule has 0 amide bonds. The smallest absolute Gasteiger partial charge is 0.261 e. The van der Waals surface area contributed by atoms with E-state index in [0.29, 0.717) is 5.92 Å². The Balaban J connectivity index is 1.54. The summed E-state index contributed by atoms with van der Waals surface area (Å²) in [5.41, 5.74) is 2.04. The molecule has 0 bridgehead atoms. The highest BCUT2D eigenvalue weighted by Gasteiger charge is 2.53. The van der Waals surface area contributed by atoms with Crippen molar-refractivity contribution in [3.8, 4) is 0 Å². The monoisotopic (exact) mass is 546 g/mol. The lowest BCUT2D eigenvalue weighted by atomic mass is 9.87. The van der Waals surface area contributed by atoms with Crippen molar-refractivity contribution in [1.82, 2.24) is 0 Å². The summed E-state index contributed by atoms with van der Waals surface area (Å²) >= 11 is 0. The van der Waals surface area contributed by atoms with E-state index in [0.717, 1.165) is 11.4 Å². The number of rotatable bonds is 9. The zero-order valence-electron chi connectivity index (χ0n) is 25.1. The molecule has 5 nitrogen and oxygen atoms in total. The lowest BCUT2D eigenvalue weighted by Gasteiger charge is -2.45. The molecule has 0 radical (unpaired) electrons. The van der Waals surface area contributed by atoms with Crippen LogP contribution in [0.2, 0.25) is 5.04 Å². The molecule has 0 fully saturated rings. The maximum atomic E-state index is 7.33. The molecule has 39 heavy (non-hydrogen) atoms. The molecule has 0 saturated heterocycles. The summed E-state index contributed by atoms with van der Waals surface area (Å²) < 4.78 is 7.33. The maximum absolute atomic E-state index is 7.33. The molecule has 4 rings (SSSR count). The molecule has 2 aliphatic heterocycles. The third kappa shape index (κ3) is 5.78. The Hall–Kier alpha value is -2.70. The fourth-order valence-electron chi connectivity index (χ4n) is 6.18. The van der Waals surface area contributed by atoms with Crippen LogP contribution in [0.5, 0.6) is 0 Å². The molecule has 0 unspecified atom stereocenters. The highest BCUT2D eigenvalue weighted by Crippen LogP contribution is 2.39. The van der Waals surface area contributed by atoms with E-state index in [9.17, 15) is 0 Å². The van der Waals surface area contributed by atoms with E-state index in [2.05, 4.69) is 145 Å². The summed E-state index contributed by atoms with van der Waals surface area (Å²) in [6, 6.07) is 21.5. The van der Waals surface area contributed by atoms with E-state index in [4.69, 9.17) is 14.1 Å². The van der Waals surface area contributed by atoms with Crippen LogP contribution in [0.4, 0.5) is 0 Å². The van der Waals surface area contributed by atoms with Gasteiger partial charge in [-0.2, -0.15) is 0 Å². The topological polar surface area (TPSA) is 52.4 Å². The van der Waals surface area contributed by atoms with Gasteiger partial charge in [-0.25, -0.2) is 0 Å². The Morgan fingerprint density at radius 3 is 1.82 bits per heavy atom. The van der Waals surface area contributed by atoms with Crippen LogP contribution in [0, 0.1) is 23.7 Å². The Labute approximate surface area is 236 Å². The summed E-state index contributed by atoms with van der Waals surface area (Å²) in [5.74, 6) is 0.955. The van der Waals surface area contributed by atoms with Crippen molar-refractivity contribution < 1.29 is 14.1 Å². The number of oxime groups is 2. The van der Waals surface area contributed by atoms with Crippen LogP contribution in [0.1, 0.15) is 62.3 Å². The molecule has 2 aliphatic rings. The lowest BCUT2D eigenvalue weighted by molar-refractivity contribution is -0.0169. The molecule has 0 aliphatic carbocycles. The molecule has 210 valence electrons. The third-order valence-electron chi connectivity index (χ3n) is 8.40. The number of hydrogen-bond donors (Lipinski definition) is 0. The van der Waals surface area contributed by atoms with Crippen LogP contribution in [0.25, 0.3) is 0 Å². The van der Waals surface area contributed by atoms with Crippen molar-refractivity contribution in [3.63, 3.8) is 0 Å². The summed E-state index contributed by atoms with van der Waals surface area (Å²) in [6.45, 7) is 20.0. The average molecular weight is 547 g/mol. The zero-order valence-corrected chi connectivity index (χ0v) is 26.1. The molecule has 2 aromatic rings. The average Bonchev–Trinajstić information content (AvgIpc) is 3.48. The minimum atomic E-state index is -2.69. The second-order valence-corrected chi connectivity index (χ2v) is 16.9. The first-order valence-corrected chi connectivity index (χ1v) is 16.3. The number of hydrogen-bond acceptors (Lipinski definition) is 5. The van der Waals surface area contributed by atoms with Crippen molar-refractivity contribution >= 4 is 30.1 Å². The van der Waals surface area contributed by atoms with E-state index >= 15 is 0 Å². The maximum Gasteiger partial charge on any atom is 0.261 e. The molecule has 0 spiro atoms. The van der Waals surface area contributed by atoms with E-state index in [1.807, 2.05) is 0 Å². The van der Waals surface area contributed by atoms with Gasteiger partial charge in [0, 0.05) is 17.8 Å². The summed E-state index contributed by atoms with van der Waals surface area (Å²) in [4.78, 5) is 11.8. The van der Waals surface area contributed by atoms with Gasteiger partial charge in [-0.05, 0) is 34.3 Å². The van der Waals surface area contributed by atoms with Crippen LogP contribution in [-0.4, -0.2) is 38.1 Å². The Morgan fingerprint density at radius 1 is 0.795 bits per heavy atom. The second kappa shape index (κ2) is 11.8. The summed E-state index contributed by atoms with van der Waals surface area (Å²) in [5, 5.41) is 11.4.